The molecular formula is C10H12N2O3. The van der Waals surface area contributed by atoms with Crippen molar-refractivity contribution in [2.75, 3.05) is 13.7 Å². The van der Waals surface area contributed by atoms with Crippen molar-refractivity contribution < 1.29 is 14.3 Å². The van der Waals surface area contributed by atoms with Crippen LogP contribution in [0.1, 0.15) is 35.1 Å². The van der Waals surface area contributed by atoms with Gasteiger partial charge in [0.25, 0.3) is 0 Å². The van der Waals surface area contributed by atoms with Crippen molar-refractivity contribution in [3.63, 3.8) is 0 Å². The van der Waals surface area contributed by atoms with Crippen molar-refractivity contribution in [3.05, 3.63) is 23.8 Å². The van der Waals surface area contributed by atoms with Crippen LogP contribution < -0.4 is 0 Å². The zero-order chi connectivity index (χ0) is 10.7. The molecule has 80 valence electrons. The molecule has 0 amide bonds. The summed E-state index contributed by atoms with van der Waals surface area (Å²) in [6.45, 7) is 0.752. The molecule has 0 unspecified atom stereocenters. The van der Waals surface area contributed by atoms with Crippen molar-refractivity contribution >= 4 is 5.97 Å². The number of carbonyl (C=O) groups excluding carboxylic acids is 1. The maximum Gasteiger partial charge on any atom is 0.356 e. The van der Waals surface area contributed by atoms with Crippen molar-refractivity contribution in [2.45, 2.75) is 18.9 Å². The molecule has 1 atom stereocenters. The molecule has 1 aliphatic heterocycles. The Hall–Kier alpha value is -1.49. The van der Waals surface area contributed by atoms with Gasteiger partial charge in [-0.15, -0.1) is 0 Å². The zero-order valence-electron chi connectivity index (χ0n) is 8.47. The highest BCUT2D eigenvalue weighted by Gasteiger charge is 2.20. The Labute approximate surface area is 87.4 Å². The van der Waals surface area contributed by atoms with Gasteiger partial charge in [-0.25, -0.2) is 14.8 Å². The van der Waals surface area contributed by atoms with Crippen LogP contribution in [0.2, 0.25) is 0 Å². The summed E-state index contributed by atoms with van der Waals surface area (Å²) in [5.74, 6) is -0.448. The molecule has 2 heterocycles. The second-order valence-electron chi connectivity index (χ2n) is 3.32. The van der Waals surface area contributed by atoms with Gasteiger partial charge in [-0.1, -0.05) is 0 Å². The predicted octanol–water partition coefficient (Wildman–Crippen LogP) is 1.11. The summed E-state index contributed by atoms with van der Waals surface area (Å²) in [5.41, 5.74) is 1.03. The molecule has 1 fully saturated rings. The lowest BCUT2D eigenvalue weighted by Crippen LogP contribution is -2.08. The number of methoxy groups -OCH3 is 1. The predicted molar refractivity (Wildman–Crippen MR) is 51.3 cm³/mol. The van der Waals surface area contributed by atoms with Crippen molar-refractivity contribution in [1.29, 1.82) is 0 Å². The lowest BCUT2D eigenvalue weighted by Gasteiger charge is -2.08. The summed E-state index contributed by atoms with van der Waals surface area (Å²) < 4.78 is 10.0. The number of carbonyl (C=O) groups is 1. The molecule has 1 aromatic heterocycles. The van der Waals surface area contributed by atoms with Crippen LogP contribution in [-0.2, 0) is 9.47 Å². The van der Waals surface area contributed by atoms with Crippen LogP contribution in [0.5, 0.6) is 0 Å². The van der Waals surface area contributed by atoms with Crippen molar-refractivity contribution in [3.8, 4) is 0 Å². The van der Waals surface area contributed by atoms with Gasteiger partial charge in [-0.2, -0.15) is 0 Å². The molecule has 0 bridgehead atoms. The highest BCUT2D eigenvalue weighted by atomic mass is 16.5. The van der Waals surface area contributed by atoms with E-state index in [0.29, 0.717) is 0 Å². The minimum atomic E-state index is -0.448. The first-order valence-electron chi connectivity index (χ1n) is 4.83. The Bertz CT molecular complexity index is 361. The lowest BCUT2D eigenvalue weighted by molar-refractivity contribution is 0.0592. The number of aromatic nitrogens is 2. The van der Waals surface area contributed by atoms with Crippen LogP contribution in [0, 0.1) is 0 Å². The fourth-order valence-corrected chi connectivity index (χ4v) is 1.58. The fraction of sp³-hybridized carbons (Fsp3) is 0.500. The van der Waals surface area contributed by atoms with Gasteiger partial charge in [0.1, 0.15) is 6.33 Å². The van der Waals surface area contributed by atoms with Gasteiger partial charge >= 0.3 is 5.97 Å². The Kier molecular flexibility index (Phi) is 2.91. The Morgan fingerprint density at radius 1 is 1.60 bits per heavy atom. The molecule has 0 N–H and O–H groups in total. The van der Waals surface area contributed by atoms with Crippen LogP contribution in [0.4, 0.5) is 0 Å². The SMILES string of the molecule is COC(=O)c1cc([C@H]2CCCO2)ncn1. The first-order valence-corrected chi connectivity index (χ1v) is 4.83. The zero-order valence-corrected chi connectivity index (χ0v) is 8.47. The molecular weight excluding hydrogens is 196 g/mol. The lowest BCUT2D eigenvalue weighted by atomic mass is 10.1. The molecule has 1 aliphatic rings. The smallest absolute Gasteiger partial charge is 0.356 e. The molecule has 0 radical (unpaired) electrons. The third kappa shape index (κ3) is 2.12. The molecule has 0 spiro atoms. The van der Waals surface area contributed by atoms with Gasteiger partial charge in [0.15, 0.2) is 5.69 Å². The highest BCUT2D eigenvalue weighted by Crippen LogP contribution is 2.26. The average molecular weight is 208 g/mol. The molecule has 5 nitrogen and oxygen atoms in total. The first-order chi connectivity index (χ1) is 7.31. The minimum absolute atomic E-state index is 0.00333. The fourth-order valence-electron chi connectivity index (χ4n) is 1.58. The summed E-state index contributed by atoms with van der Waals surface area (Å²) in [4.78, 5) is 19.2. The number of esters is 1. The van der Waals surface area contributed by atoms with E-state index in [2.05, 4.69) is 14.7 Å². The molecule has 0 saturated carbocycles. The summed E-state index contributed by atoms with van der Waals surface area (Å²) in [6, 6.07) is 1.63. The monoisotopic (exact) mass is 208 g/mol. The molecule has 0 aromatic carbocycles. The van der Waals surface area contributed by atoms with Gasteiger partial charge in [-0.3, -0.25) is 0 Å². The van der Waals surface area contributed by atoms with Crippen molar-refractivity contribution in [1.82, 2.24) is 9.97 Å². The normalized spacial score (nSPS) is 20.2. The quantitative estimate of drug-likeness (QED) is 0.681. The molecule has 5 heteroatoms. The molecule has 0 aliphatic carbocycles. The van der Waals surface area contributed by atoms with Crippen molar-refractivity contribution in [2.24, 2.45) is 0 Å². The molecule has 2 rings (SSSR count). The number of ether oxygens (including phenoxy) is 2. The Balaban J connectivity index is 2.21. The largest absolute Gasteiger partial charge is 0.464 e. The highest BCUT2D eigenvalue weighted by molar-refractivity contribution is 5.87. The van der Waals surface area contributed by atoms with Gasteiger partial charge in [0.05, 0.1) is 18.9 Å². The maximum atomic E-state index is 11.2. The van der Waals surface area contributed by atoms with Gasteiger partial charge < -0.3 is 9.47 Å². The molecule has 1 saturated heterocycles. The summed E-state index contributed by atoms with van der Waals surface area (Å²) in [7, 11) is 1.33. The first kappa shape index (κ1) is 10.0. The second kappa shape index (κ2) is 4.35. The van der Waals surface area contributed by atoms with Crippen LogP contribution in [0.25, 0.3) is 0 Å². The van der Waals surface area contributed by atoms with E-state index in [4.69, 9.17) is 4.74 Å². The number of hydrogen-bond acceptors (Lipinski definition) is 5. The van der Waals surface area contributed by atoms with Gasteiger partial charge in [0.2, 0.25) is 0 Å². The van der Waals surface area contributed by atoms with Crippen LogP contribution in [-0.4, -0.2) is 29.7 Å². The van der Waals surface area contributed by atoms with E-state index in [9.17, 15) is 4.79 Å². The summed E-state index contributed by atoms with van der Waals surface area (Å²) >= 11 is 0. The van der Waals surface area contributed by atoms with E-state index in [1.807, 2.05) is 0 Å². The average Bonchev–Trinajstić information content (AvgIpc) is 2.82. The van der Waals surface area contributed by atoms with Gasteiger partial charge in [-0.05, 0) is 18.9 Å². The van der Waals surface area contributed by atoms with E-state index >= 15 is 0 Å². The number of rotatable bonds is 2. The van der Waals surface area contributed by atoms with Crippen LogP contribution in [0.15, 0.2) is 12.4 Å². The Morgan fingerprint density at radius 2 is 2.47 bits per heavy atom. The van der Waals surface area contributed by atoms with Crippen LogP contribution >= 0.6 is 0 Å². The third-order valence-electron chi connectivity index (χ3n) is 2.34. The molecule has 15 heavy (non-hydrogen) atoms. The van der Waals surface area contributed by atoms with Gasteiger partial charge in [0, 0.05) is 6.61 Å². The van der Waals surface area contributed by atoms with Crippen LogP contribution in [0.3, 0.4) is 0 Å². The standard InChI is InChI=1S/C10H12N2O3/c1-14-10(13)8-5-7(11-6-12-8)9-3-2-4-15-9/h5-6,9H,2-4H2,1H3/t9-/m1/s1. The third-order valence-corrected chi connectivity index (χ3v) is 2.34. The van der Waals surface area contributed by atoms with E-state index in [1.165, 1.54) is 13.4 Å². The van der Waals surface area contributed by atoms with E-state index in [1.54, 1.807) is 6.07 Å². The van der Waals surface area contributed by atoms with E-state index < -0.39 is 5.97 Å². The van der Waals surface area contributed by atoms with E-state index in [-0.39, 0.29) is 11.8 Å². The summed E-state index contributed by atoms with van der Waals surface area (Å²) in [6.07, 6.45) is 3.33. The topological polar surface area (TPSA) is 61.3 Å². The second-order valence-corrected chi connectivity index (χ2v) is 3.32. The Morgan fingerprint density at radius 3 is 3.13 bits per heavy atom. The number of hydrogen-bond donors (Lipinski definition) is 0. The molecule has 1 aromatic rings. The summed E-state index contributed by atoms with van der Waals surface area (Å²) in [5, 5.41) is 0. The maximum absolute atomic E-state index is 11.2. The minimum Gasteiger partial charge on any atom is -0.464 e. The number of nitrogens with zero attached hydrogens (tertiary/aromatic N) is 2. The van der Waals surface area contributed by atoms with E-state index in [0.717, 1.165) is 25.1 Å².